The maximum atomic E-state index is 12.5. The van der Waals surface area contributed by atoms with Gasteiger partial charge in [-0.25, -0.2) is 0 Å². The predicted octanol–water partition coefficient (Wildman–Crippen LogP) is 6.43. The van der Waals surface area contributed by atoms with Gasteiger partial charge < -0.3 is 10.1 Å². The second-order valence-corrected chi connectivity index (χ2v) is 7.33. The van der Waals surface area contributed by atoms with Gasteiger partial charge in [-0.1, -0.05) is 71.7 Å². The fourth-order valence-electron chi connectivity index (χ4n) is 2.75. The third kappa shape index (κ3) is 5.42. The van der Waals surface area contributed by atoms with Gasteiger partial charge in [-0.05, 0) is 47.9 Å². The Morgan fingerprint density at radius 1 is 1.07 bits per heavy atom. The summed E-state index contributed by atoms with van der Waals surface area (Å²) in [6.45, 7) is 2.21. The van der Waals surface area contributed by atoms with E-state index in [1.165, 1.54) is 6.08 Å². The summed E-state index contributed by atoms with van der Waals surface area (Å²) >= 11 is 12.5. The lowest BCUT2D eigenvalue weighted by atomic mass is 10.1. The van der Waals surface area contributed by atoms with Crippen LogP contribution in [0.5, 0.6) is 5.75 Å². The quantitative estimate of drug-likeness (QED) is 0.357. The topological polar surface area (TPSA) is 62.1 Å². The number of hydrogen-bond acceptors (Lipinski definition) is 3. The molecule has 1 amide bonds. The van der Waals surface area contributed by atoms with Gasteiger partial charge in [0, 0.05) is 0 Å². The van der Waals surface area contributed by atoms with Crippen LogP contribution in [0.25, 0.3) is 6.08 Å². The summed E-state index contributed by atoms with van der Waals surface area (Å²) < 4.78 is 5.75. The van der Waals surface area contributed by atoms with E-state index in [1.54, 1.807) is 30.3 Å². The molecule has 0 saturated heterocycles. The molecule has 30 heavy (non-hydrogen) atoms. The molecule has 0 spiro atoms. The molecule has 0 fully saturated rings. The van der Waals surface area contributed by atoms with Crippen LogP contribution in [0.1, 0.15) is 16.7 Å². The highest BCUT2D eigenvalue weighted by atomic mass is 35.5. The lowest BCUT2D eigenvalue weighted by Crippen LogP contribution is -2.14. The van der Waals surface area contributed by atoms with Crippen molar-refractivity contribution >= 4 is 40.9 Å². The molecule has 4 nitrogen and oxygen atoms in total. The van der Waals surface area contributed by atoms with Crippen LogP contribution in [0.3, 0.4) is 0 Å². The van der Waals surface area contributed by atoms with Crippen LogP contribution in [0.15, 0.2) is 72.3 Å². The number of para-hydroxylation sites is 1. The van der Waals surface area contributed by atoms with Crippen molar-refractivity contribution in [1.29, 1.82) is 5.26 Å². The molecule has 3 aromatic carbocycles. The number of carbonyl (C=O) groups excluding carboxylic acids is 1. The van der Waals surface area contributed by atoms with E-state index >= 15 is 0 Å². The molecule has 0 unspecified atom stereocenters. The molecule has 0 radical (unpaired) electrons. The maximum Gasteiger partial charge on any atom is 0.266 e. The SMILES string of the molecule is Cc1cccc(Cl)c1NC(=O)/C(C#N)=C/c1ccc(OCc2ccccc2)c(Cl)c1. The summed E-state index contributed by atoms with van der Waals surface area (Å²) in [6.07, 6.45) is 1.47. The summed E-state index contributed by atoms with van der Waals surface area (Å²) in [5.41, 5.74) is 2.85. The Morgan fingerprint density at radius 2 is 1.83 bits per heavy atom. The number of hydrogen-bond donors (Lipinski definition) is 1. The van der Waals surface area contributed by atoms with E-state index in [0.29, 0.717) is 33.7 Å². The monoisotopic (exact) mass is 436 g/mol. The van der Waals surface area contributed by atoms with Gasteiger partial charge in [0.25, 0.3) is 5.91 Å². The molecular weight excluding hydrogens is 419 g/mol. The average Bonchev–Trinajstić information content (AvgIpc) is 2.74. The largest absolute Gasteiger partial charge is 0.487 e. The van der Waals surface area contributed by atoms with Crippen LogP contribution < -0.4 is 10.1 Å². The zero-order valence-corrected chi connectivity index (χ0v) is 17.7. The first-order valence-corrected chi connectivity index (χ1v) is 9.88. The van der Waals surface area contributed by atoms with Crippen molar-refractivity contribution < 1.29 is 9.53 Å². The second kappa shape index (κ2) is 9.98. The van der Waals surface area contributed by atoms with Crippen LogP contribution in [0, 0.1) is 18.3 Å². The summed E-state index contributed by atoms with van der Waals surface area (Å²) in [7, 11) is 0. The summed E-state index contributed by atoms with van der Waals surface area (Å²) in [5.74, 6) is -0.0263. The Morgan fingerprint density at radius 3 is 2.50 bits per heavy atom. The Labute approximate surface area is 185 Å². The predicted molar refractivity (Wildman–Crippen MR) is 121 cm³/mol. The van der Waals surface area contributed by atoms with E-state index < -0.39 is 5.91 Å². The van der Waals surface area contributed by atoms with Gasteiger partial charge in [-0.2, -0.15) is 5.26 Å². The van der Waals surface area contributed by atoms with Crippen molar-refractivity contribution in [1.82, 2.24) is 0 Å². The number of anilines is 1. The van der Waals surface area contributed by atoms with E-state index in [2.05, 4.69) is 5.32 Å². The number of rotatable bonds is 6. The molecule has 0 aliphatic heterocycles. The number of nitrogens with one attached hydrogen (secondary N) is 1. The maximum absolute atomic E-state index is 12.5. The number of ether oxygens (including phenoxy) is 1. The first kappa shape index (κ1) is 21.4. The highest BCUT2D eigenvalue weighted by molar-refractivity contribution is 6.34. The Balaban J connectivity index is 1.74. The fourth-order valence-corrected chi connectivity index (χ4v) is 3.26. The summed E-state index contributed by atoms with van der Waals surface area (Å²) in [6, 6.07) is 22.0. The van der Waals surface area contributed by atoms with Crippen molar-refractivity contribution in [2.75, 3.05) is 5.32 Å². The number of carbonyl (C=O) groups is 1. The number of nitrogens with zero attached hydrogens (tertiary/aromatic N) is 1. The number of halogens is 2. The van der Waals surface area contributed by atoms with Gasteiger partial charge in [0.2, 0.25) is 0 Å². The number of aryl methyl sites for hydroxylation is 1. The summed E-state index contributed by atoms with van der Waals surface area (Å²) in [5, 5.41) is 12.9. The van der Waals surface area contributed by atoms with E-state index in [9.17, 15) is 10.1 Å². The second-order valence-electron chi connectivity index (χ2n) is 6.52. The minimum Gasteiger partial charge on any atom is -0.487 e. The first-order chi connectivity index (χ1) is 14.5. The zero-order valence-electron chi connectivity index (χ0n) is 16.2. The molecule has 3 aromatic rings. The molecule has 0 atom stereocenters. The van der Waals surface area contributed by atoms with Gasteiger partial charge in [0.05, 0.1) is 15.7 Å². The van der Waals surface area contributed by atoms with E-state index in [4.69, 9.17) is 27.9 Å². The normalized spacial score (nSPS) is 10.9. The van der Waals surface area contributed by atoms with E-state index in [1.807, 2.05) is 49.4 Å². The van der Waals surface area contributed by atoms with E-state index in [-0.39, 0.29) is 5.57 Å². The van der Waals surface area contributed by atoms with Gasteiger partial charge in [-0.3, -0.25) is 4.79 Å². The van der Waals surface area contributed by atoms with Crippen molar-refractivity contribution in [2.24, 2.45) is 0 Å². The molecule has 6 heteroatoms. The smallest absolute Gasteiger partial charge is 0.266 e. The number of amides is 1. The molecule has 0 bridgehead atoms. The molecule has 0 aliphatic rings. The fraction of sp³-hybridized carbons (Fsp3) is 0.0833. The van der Waals surface area contributed by atoms with Gasteiger partial charge >= 0.3 is 0 Å². The van der Waals surface area contributed by atoms with Crippen LogP contribution in [0.2, 0.25) is 10.0 Å². The molecular formula is C24H18Cl2N2O2. The van der Waals surface area contributed by atoms with Crippen LogP contribution in [-0.4, -0.2) is 5.91 Å². The molecule has 0 aliphatic carbocycles. The van der Waals surface area contributed by atoms with Crippen LogP contribution in [-0.2, 0) is 11.4 Å². The van der Waals surface area contributed by atoms with Gasteiger partial charge in [-0.15, -0.1) is 0 Å². The van der Waals surface area contributed by atoms with Gasteiger partial charge in [0.1, 0.15) is 24.0 Å². The van der Waals surface area contributed by atoms with Crippen molar-refractivity contribution in [3.05, 3.63) is 99.0 Å². The molecule has 1 N–H and O–H groups in total. The minimum absolute atomic E-state index is 0.0664. The Hall–Kier alpha value is -3.26. The minimum atomic E-state index is -0.547. The standard InChI is InChI=1S/C24H18Cl2N2O2/c1-16-6-5-9-20(25)23(16)28-24(29)19(14-27)12-18-10-11-22(21(26)13-18)30-15-17-7-3-2-4-8-17/h2-13H,15H2,1H3,(H,28,29)/b19-12+. The molecule has 0 heterocycles. The molecule has 150 valence electrons. The first-order valence-electron chi connectivity index (χ1n) is 9.12. The molecule has 3 rings (SSSR count). The molecule has 0 aromatic heterocycles. The average molecular weight is 437 g/mol. The third-order valence-electron chi connectivity index (χ3n) is 4.33. The van der Waals surface area contributed by atoms with Crippen molar-refractivity contribution in [3.63, 3.8) is 0 Å². The lowest BCUT2D eigenvalue weighted by Gasteiger charge is -2.10. The van der Waals surface area contributed by atoms with Crippen LogP contribution in [0.4, 0.5) is 5.69 Å². The van der Waals surface area contributed by atoms with Gasteiger partial charge in [0.15, 0.2) is 0 Å². The number of nitriles is 1. The van der Waals surface area contributed by atoms with Crippen molar-refractivity contribution in [2.45, 2.75) is 13.5 Å². The number of benzene rings is 3. The highest BCUT2D eigenvalue weighted by Crippen LogP contribution is 2.28. The van der Waals surface area contributed by atoms with Crippen LogP contribution >= 0.6 is 23.2 Å². The Kier molecular flexibility index (Phi) is 7.13. The zero-order chi connectivity index (χ0) is 21.5. The molecule has 0 saturated carbocycles. The third-order valence-corrected chi connectivity index (χ3v) is 4.94. The summed E-state index contributed by atoms with van der Waals surface area (Å²) in [4.78, 5) is 12.5. The highest BCUT2D eigenvalue weighted by Gasteiger charge is 2.13. The lowest BCUT2D eigenvalue weighted by molar-refractivity contribution is -0.112. The van der Waals surface area contributed by atoms with Crippen molar-refractivity contribution in [3.8, 4) is 11.8 Å². The Bertz CT molecular complexity index is 1120. The van der Waals surface area contributed by atoms with E-state index in [0.717, 1.165) is 11.1 Å².